The molecule has 1 saturated carbocycles. The van der Waals surface area contributed by atoms with Crippen molar-refractivity contribution in [3.05, 3.63) is 0 Å². The van der Waals surface area contributed by atoms with Crippen LogP contribution in [0.15, 0.2) is 4.99 Å². The third-order valence-electron chi connectivity index (χ3n) is 7.72. The summed E-state index contributed by atoms with van der Waals surface area (Å²) in [7, 11) is 0. The Labute approximate surface area is 248 Å². The van der Waals surface area contributed by atoms with Crippen LogP contribution in [0, 0.1) is 17.8 Å². The molecule has 14 nitrogen and oxygen atoms in total. The summed E-state index contributed by atoms with van der Waals surface area (Å²) in [4.78, 5) is 65.9. The molecular formula is C28H52N8O6. The Morgan fingerprint density at radius 2 is 1.50 bits per heavy atom. The minimum absolute atomic E-state index is 0.0556. The van der Waals surface area contributed by atoms with Gasteiger partial charge in [-0.25, -0.2) is 0 Å². The van der Waals surface area contributed by atoms with E-state index in [0.717, 1.165) is 25.7 Å². The Morgan fingerprint density at radius 3 is 2.02 bits per heavy atom. The van der Waals surface area contributed by atoms with E-state index in [9.17, 15) is 29.1 Å². The number of carbonyl (C=O) groups excluding carboxylic acids is 5. The summed E-state index contributed by atoms with van der Waals surface area (Å²) in [6, 6.07) is -2.75. The number of nitrogens with two attached hydrogens (primary N) is 4. The van der Waals surface area contributed by atoms with Crippen LogP contribution in [0.3, 0.4) is 0 Å². The first-order valence-electron chi connectivity index (χ1n) is 14.9. The van der Waals surface area contributed by atoms with Crippen LogP contribution in [0.4, 0.5) is 0 Å². The summed E-state index contributed by atoms with van der Waals surface area (Å²) in [5.74, 6) is -3.56. The van der Waals surface area contributed by atoms with Gasteiger partial charge in [0.05, 0.1) is 12.1 Å². The molecule has 5 amide bonds. The number of nitrogens with one attached hydrogen (secondary N) is 3. The zero-order valence-electron chi connectivity index (χ0n) is 25.3. The number of carbonyl (C=O) groups is 5. The van der Waals surface area contributed by atoms with Crippen LogP contribution in [0.2, 0.25) is 0 Å². The van der Waals surface area contributed by atoms with Gasteiger partial charge in [-0.2, -0.15) is 0 Å². The van der Waals surface area contributed by atoms with Crippen LogP contribution >= 0.6 is 0 Å². The summed E-state index contributed by atoms with van der Waals surface area (Å²) in [6.07, 6.45) is 5.39. The molecule has 0 aromatic rings. The highest BCUT2D eigenvalue weighted by atomic mass is 16.3. The molecule has 1 fully saturated rings. The van der Waals surface area contributed by atoms with Crippen molar-refractivity contribution in [2.45, 2.75) is 116 Å². The minimum Gasteiger partial charge on any atom is -0.391 e. The minimum atomic E-state index is -1.18. The Morgan fingerprint density at radius 1 is 0.881 bits per heavy atom. The van der Waals surface area contributed by atoms with E-state index in [1.807, 2.05) is 13.8 Å². The number of aliphatic hydroxyl groups excluding tert-OH is 1. The van der Waals surface area contributed by atoms with E-state index in [0.29, 0.717) is 18.8 Å². The second-order valence-corrected chi connectivity index (χ2v) is 11.7. The number of hydrogen-bond acceptors (Lipinski definition) is 7. The fourth-order valence-electron chi connectivity index (χ4n) is 5.36. The molecule has 0 aromatic carbocycles. The van der Waals surface area contributed by atoms with Gasteiger partial charge in [0.2, 0.25) is 29.5 Å². The molecule has 14 heteroatoms. The summed E-state index contributed by atoms with van der Waals surface area (Å²) in [5, 5.41) is 19.3. The average Bonchev–Trinajstić information content (AvgIpc) is 2.90. The van der Waals surface area contributed by atoms with Crippen LogP contribution in [-0.4, -0.2) is 71.4 Å². The predicted molar refractivity (Wildman–Crippen MR) is 159 cm³/mol. The van der Waals surface area contributed by atoms with Crippen LogP contribution < -0.4 is 38.9 Å². The molecular weight excluding hydrogens is 544 g/mol. The van der Waals surface area contributed by atoms with Crippen molar-refractivity contribution in [1.82, 2.24) is 16.0 Å². The highest BCUT2D eigenvalue weighted by Crippen LogP contribution is 2.29. The molecule has 0 saturated heterocycles. The largest absolute Gasteiger partial charge is 0.391 e. The normalized spacial score (nSPS) is 17.3. The van der Waals surface area contributed by atoms with Crippen molar-refractivity contribution in [3.8, 4) is 0 Å². The lowest BCUT2D eigenvalue weighted by Crippen LogP contribution is -2.54. The van der Waals surface area contributed by atoms with Crippen LogP contribution in [0.25, 0.3) is 0 Å². The van der Waals surface area contributed by atoms with Gasteiger partial charge < -0.3 is 44.0 Å². The molecule has 0 radical (unpaired) electrons. The molecule has 0 bridgehead atoms. The van der Waals surface area contributed by atoms with Crippen molar-refractivity contribution < 1.29 is 29.1 Å². The van der Waals surface area contributed by atoms with Crippen molar-refractivity contribution in [2.24, 2.45) is 45.7 Å². The Kier molecular flexibility index (Phi) is 16.5. The van der Waals surface area contributed by atoms with Crippen LogP contribution in [0.1, 0.15) is 91.4 Å². The zero-order chi connectivity index (χ0) is 31.8. The Hall–Kier alpha value is -3.42. The molecule has 240 valence electrons. The van der Waals surface area contributed by atoms with Gasteiger partial charge >= 0.3 is 0 Å². The standard InChI is InChI=1S/C28H52N8O6/c1-16(2)19(15-23(38)22(34-17(3)37)14-18-8-5-4-6-9-18)26(41)36-21(11-12-24(29)39)27(42)35-20(25(30)40)10-7-13-33-28(31)32/h16,18-23,38H,4-15H2,1-3H3,(H2,29,39)(H2,30,40)(H,34,37)(H,35,42)(H,36,41)(H4,31,32,33)/t19-,20+,21+,22+,23+/m1/s1. The van der Waals surface area contributed by atoms with E-state index >= 15 is 0 Å². The molecule has 0 aliphatic heterocycles. The van der Waals surface area contributed by atoms with E-state index in [4.69, 9.17) is 22.9 Å². The zero-order valence-corrected chi connectivity index (χ0v) is 25.3. The number of aliphatic hydroxyl groups is 1. The van der Waals surface area contributed by atoms with E-state index in [2.05, 4.69) is 20.9 Å². The summed E-state index contributed by atoms with van der Waals surface area (Å²) < 4.78 is 0. The monoisotopic (exact) mass is 596 g/mol. The Bertz CT molecular complexity index is 933. The van der Waals surface area contributed by atoms with E-state index in [-0.39, 0.29) is 50.0 Å². The smallest absolute Gasteiger partial charge is 0.243 e. The molecule has 0 spiro atoms. The van der Waals surface area contributed by atoms with Crippen LogP contribution in [-0.2, 0) is 24.0 Å². The fraction of sp³-hybridized carbons (Fsp3) is 0.786. The van der Waals surface area contributed by atoms with Gasteiger partial charge in [0.15, 0.2) is 5.96 Å². The maximum absolute atomic E-state index is 13.5. The second-order valence-electron chi connectivity index (χ2n) is 11.7. The highest BCUT2D eigenvalue weighted by Gasteiger charge is 2.34. The van der Waals surface area contributed by atoms with Crippen molar-refractivity contribution in [2.75, 3.05) is 6.54 Å². The van der Waals surface area contributed by atoms with Crippen molar-refractivity contribution in [1.29, 1.82) is 0 Å². The number of primary amides is 2. The number of amides is 5. The van der Waals surface area contributed by atoms with Gasteiger partial charge in [-0.1, -0.05) is 46.0 Å². The van der Waals surface area contributed by atoms with Crippen molar-refractivity contribution >= 4 is 35.5 Å². The fourth-order valence-corrected chi connectivity index (χ4v) is 5.36. The molecule has 0 unspecified atom stereocenters. The van der Waals surface area contributed by atoms with Crippen molar-refractivity contribution in [3.63, 3.8) is 0 Å². The number of guanidine groups is 1. The number of rotatable bonds is 19. The summed E-state index contributed by atoms with van der Waals surface area (Å²) >= 11 is 0. The van der Waals surface area contributed by atoms with Gasteiger partial charge in [0.1, 0.15) is 12.1 Å². The molecule has 12 N–H and O–H groups in total. The quantitative estimate of drug-likeness (QED) is 0.0533. The number of aliphatic imine (C=N–C) groups is 1. The first kappa shape index (κ1) is 36.6. The van der Waals surface area contributed by atoms with Crippen LogP contribution in [0.5, 0.6) is 0 Å². The van der Waals surface area contributed by atoms with Gasteiger partial charge in [-0.3, -0.25) is 29.0 Å². The van der Waals surface area contributed by atoms with Gasteiger partial charge in [0.25, 0.3) is 0 Å². The summed E-state index contributed by atoms with van der Waals surface area (Å²) in [6.45, 7) is 5.27. The summed E-state index contributed by atoms with van der Waals surface area (Å²) in [5.41, 5.74) is 21.4. The Balaban J connectivity index is 3.00. The third-order valence-corrected chi connectivity index (χ3v) is 7.72. The van der Waals surface area contributed by atoms with E-state index in [1.165, 1.54) is 13.3 Å². The van der Waals surface area contributed by atoms with Gasteiger partial charge in [-0.05, 0) is 43.9 Å². The topological polar surface area (TPSA) is 258 Å². The lowest BCUT2D eigenvalue weighted by atomic mass is 9.81. The molecule has 1 aliphatic carbocycles. The lowest BCUT2D eigenvalue weighted by Gasteiger charge is -2.32. The third kappa shape index (κ3) is 14.5. The predicted octanol–water partition coefficient (Wildman–Crippen LogP) is -0.741. The first-order valence-corrected chi connectivity index (χ1v) is 14.9. The molecule has 0 heterocycles. The average molecular weight is 597 g/mol. The molecule has 5 atom stereocenters. The highest BCUT2D eigenvalue weighted by molar-refractivity contribution is 5.92. The lowest BCUT2D eigenvalue weighted by molar-refractivity contribution is -0.134. The maximum atomic E-state index is 13.5. The molecule has 42 heavy (non-hydrogen) atoms. The molecule has 0 aromatic heterocycles. The van der Waals surface area contributed by atoms with Gasteiger partial charge in [0, 0.05) is 25.8 Å². The van der Waals surface area contributed by atoms with Gasteiger partial charge in [-0.15, -0.1) is 0 Å². The SMILES string of the molecule is CC(=O)N[C@@H](CC1CCCCC1)[C@@H](O)C[C@@H](C(=O)N[C@@H](CCC(N)=O)C(=O)N[C@@H](CCCN=C(N)N)C(N)=O)C(C)C. The first-order chi connectivity index (χ1) is 19.7. The second kappa shape index (κ2) is 18.9. The van der Waals surface area contributed by atoms with E-state index in [1.54, 1.807) is 0 Å². The molecule has 1 rings (SSSR count). The van der Waals surface area contributed by atoms with E-state index < -0.39 is 53.8 Å². The molecule has 1 aliphatic rings. The maximum Gasteiger partial charge on any atom is 0.243 e. The number of hydrogen-bond donors (Lipinski definition) is 8. The number of nitrogens with zero attached hydrogens (tertiary/aromatic N) is 1.